The minimum absolute atomic E-state index is 0.107. The van der Waals surface area contributed by atoms with E-state index in [0.29, 0.717) is 11.4 Å². The van der Waals surface area contributed by atoms with Crippen molar-refractivity contribution in [1.82, 2.24) is 9.55 Å². The van der Waals surface area contributed by atoms with E-state index in [1.807, 2.05) is 60.0 Å². The average molecular weight is 346 g/mol. The van der Waals surface area contributed by atoms with Crippen LogP contribution in [0.25, 0.3) is 5.69 Å². The van der Waals surface area contributed by atoms with E-state index in [1.54, 1.807) is 6.92 Å². The lowest BCUT2D eigenvalue weighted by Gasteiger charge is -2.10. The van der Waals surface area contributed by atoms with Crippen molar-refractivity contribution in [2.24, 2.45) is 0 Å². The highest BCUT2D eigenvalue weighted by molar-refractivity contribution is 5.86. The van der Waals surface area contributed by atoms with Crippen molar-refractivity contribution in [2.45, 2.75) is 26.9 Å². The Morgan fingerprint density at radius 1 is 1.08 bits per heavy atom. The van der Waals surface area contributed by atoms with Crippen LogP contribution in [-0.4, -0.2) is 15.5 Å². The first-order valence-corrected chi connectivity index (χ1v) is 8.55. The Morgan fingerprint density at radius 2 is 1.69 bits per heavy atom. The molecule has 0 saturated carbocycles. The van der Waals surface area contributed by atoms with E-state index in [-0.39, 0.29) is 6.61 Å². The Balaban J connectivity index is 1.97. The number of ether oxygens (including phenoxy) is 1. The molecule has 0 atom stereocenters. The van der Waals surface area contributed by atoms with Crippen LogP contribution in [0.2, 0.25) is 0 Å². The number of carbonyl (C=O) groups is 1. The third-order valence-corrected chi connectivity index (χ3v) is 4.18. The van der Waals surface area contributed by atoms with Crippen molar-refractivity contribution in [3.63, 3.8) is 0 Å². The topological polar surface area (TPSA) is 44.1 Å². The highest BCUT2D eigenvalue weighted by atomic mass is 16.5. The highest BCUT2D eigenvalue weighted by Gasteiger charge is 2.17. The van der Waals surface area contributed by atoms with E-state index in [0.717, 1.165) is 23.5 Å². The lowest BCUT2D eigenvalue weighted by Crippen LogP contribution is -2.09. The van der Waals surface area contributed by atoms with Crippen molar-refractivity contribution >= 4 is 5.97 Å². The first-order chi connectivity index (χ1) is 12.6. The van der Waals surface area contributed by atoms with Gasteiger partial charge in [0.25, 0.3) is 0 Å². The van der Waals surface area contributed by atoms with Crippen molar-refractivity contribution in [1.29, 1.82) is 0 Å². The molecule has 0 spiro atoms. The van der Waals surface area contributed by atoms with Gasteiger partial charge in [-0.2, -0.15) is 0 Å². The van der Waals surface area contributed by atoms with E-state index in [9.17, 15) is 4.79 Å². The number of hydrogen-bond acceptors (Lipinski definition) is 3. The van der Waals surface area contributed by atoms with Gasteiger partial charge < -0.3 is 4.74 Å². The number of carbonyl (C=O) groups excluding carboxylic acids is 1. The van der Waals surface area contributed by atoms with Crippen molar-refractivity contribution in [3.05, 3.63) is 95.6 Å². The van der Waals surface area contributed by atoms with Crippen molar-refractivity contribution in [2.75, 3.05) is 0 Å². The Bertz CT molecular complexity index is 912. The van der Waals surface area contributed by atoms with Crippen LogP contribution in [0, 0.1) is 6.92 Å². The van der Waals surface area contributed by atoms with Crippen LogP contribution >= 0.6 is 0 Å². The minimum atomic E-state index is -0.408. The van der Waals surface area contributed by atoms with Gasteiger partial charge in [-0.15, -0.1) is 0 Å². The summed E-state index contributed by atoms with van der Waals surface area (Å²) in [6.45, 7) is 7.41. The first kappa shape index (κ1) is 17.7. The van der Waals surface area contributed by atoms with Gasteiger partial charge in [-0.25, -0.2) is 9.78 Å². The summed E-state index contributed by atoms with van der Waals surface area (Å²) in [5.41, 5.74) is 4.59. The summed E-state index contributed by atoms with van der Waals surface area (Å²) in [4.78, 5) is 16.6. The maximum absolute atomic E-state index is 11.8. The number of benzene rings is 2. The molecule has 26 heavy (non-hydrogen) atoms. The second kappa shape index (κ2) is 7.83. The zero-order valence-corrected chi connectivity index (χ0v) is 15.1. The van der Waals surface area contributed by atoms with Crippen LogP contribution in [-0.2, 0) is 22.6 Å². The van der Waals surface area contributed by atoms with Crippen LogP contribution < -0.4 is 0 Å². The molecule has 0 N–H and O–H groups in total. The minimum Gasteiger partial charge on any atom is -0.454 e. The fraction of sp³-hybridized carbons (Fsp3) is 0.182. The van der Waals surface area contributed by atoms with Crippen LogP contribution in [0.1, 0.15) is 29.7 Å². The van der Waals surface area contributed by atoms with E-state index in [4.69, 9.17) is 9.72 Å². The second-order valence-electron chi connectivity index (χ2n) is 6.25. The van der Waals surface area contributed by atoms with Crippen LogP contribution in [0.3, 0.4) is 0 Å². The summed E-state index contributed by atoms with van der Waals surface area (Å²) in [6, 6.07) is 20.2. The molecule has 132 valence electrons. The summed E-state index contributed by atoms with van der Waals surface area (Å²) >= 11 is 0. The second-order valence-corrected chi connectivity index (χ2v) is 6.25. The van der Waals surface area contributed by atoms with Gasteiger partial charge in [0, 0.05) is 23.4 Å². The number of rotatable bonds is 6. The van der Waals surface area contributed by atoms with Crippen molar-refractivity contribution in [3.8, 4) is 5.69 Å². The fourth-order valence-corrected chi connectivity index (χ4v) is 2.84. The van der Waals surface area contributed by atoms with Gasteiger partial charge in [0.2, 0.25) is 0 Å². The normalized spacial score (nSPS) is 10.5. The van der Waals surface area contributed by atoms with E-state index < -0.39 is 5.97 Å². The Hall–Kier alpha value is -3.14. The molecule has 0 aliphatic carbocycles. The summed E-state index contributed by atoms with van der Waals surface area (Å²) in [6.07, 6.45) is 0.730. The molecule has 0 bridgehead atoms. The fourth-order valence-electron chi connectivity index (χ4n) is 2.84. The number of hydrogen-bond donors (Lipinski definition) is 0. The number of para-hydroxylation sites is 1. The van der Waals surface area contributed by atoms with Gasteiger partial charge >= 0.3 is 5.97 Å². The lowest BCUT2D eigenvalue weighted by molar-refractivity contribution is -0.140. The molecule has 1 heterocycles. The SMILES string of the molecule is C=C(C)C(=O)OCc1nc(Cc2ccccc2)c(C)n1-c1ccccc1. The van der Waals surface area contributed by atoms with Gasteiger partial charge in [-0.3, -0.25) is 4.57 Å². The van der Waals surface area contributed by atoms with Gasteiger partial charge in [-0.05, 0) is 31.5 Å². The molecule has 4 heteroatoms. The standard InChI is InChI=1S/C22H22N2O2/c1-16(2)22(25)26-15-21-23-20(14-18-10-6-4-7-11-18)17(3)24(21)19-12-8-5-9-13-19/h4-13H,1,14-15H2,2-3H3. The Morgan fingerprint density at radius 3 is 2.31 bits per heavy atom. The number of esters is 1. The molecule has 0 amide bonds. The predicted molar refractivity (Wildman–Crippen MR) is 102 cm³/mol. The Kier molecular flexibility index (Phi) is 5.32. The third kappa shape index (κ3) is 3.91. The molecule has 2 aromatic carbocycles. The van der Waals surface area contributed by atoms with Crippen LogP contribution in [0.4, 0.5) is 0 Å². The van der Waals surface area contributed by atoms with E-state index in [2.05, 4.69) is 18.7 Å². The molecule has 3 rings (SSSR count). The first-order valence-electron chi connectivity index (χ1n) is 8.55. The maximum atomic E-state index is 11.8. The van der Waals surface area contributed by atoms with Gasteiger partial charge in [0.05, 0.1) is 5.69 Å². The summed E-state index contributed by atoms with van der Waals surface area (Å²) < 4.78 is 7.39. The molecular weight excluding hydrogens is 324 g/mol. The molecule has 0 aliphatic rings. The average Bonchev–Trinajstić information content (AvgIpc) is 2.96. The molecule has 0 unspecified atom stereocenters. The Labute approximate surface area is 153 Å². The molecule has 0 radical (unpaired) electrons. The molecule has 0 aliphatic heterocycles. The van der Waals surface area contributed by atoms with Gasteiger partial charge in [0.1, 0.15) is 6.61 Å². The maximum Gasteiger partial charge on any atom is 0.333 e. The molecule has 4 nitrogen and oxygen atoms in total. The lowest BCUT2D eigenvalue weighted by atomic mass is 10.1. The highest BCUT2D eigenvalue weighted by Crippen LogP contribution is 2.21. The zero-order valence-electron chi connectivity index (χ0n) is 15.1. The summed E-state index contributed by atoms with van der Waals surface area (Å²) in [5, 5.41) is 0. The molecular formula is C22H22N2O2. The van der Waals surface area contributed by atoms with Crippen LogP contribution in [0.15, 0.2) is 72.8 Å². The molecule has 1 aromatic heterocycles. The monoisotopic (exact) mass is 346 g/mol. The largest absolute Gasteiger partial charge is 0.454 e. The van der Waals surface area contributed by atoms with E-state index in [1.165, 1.54) is 5.56 Å². The third-order valence-electron chi connectivity index (χ3n) is 4.18. The van der Waals surface area contributed by atoms with Crippen molar-refractivity contribution < 1.29 is 9.53 Å². The van der Waals surface area contributed by atoms with Gasteiger partial charge in [-0.1, -0.05) is 55.1 Å². The quantitative estimate of drug-likeness (QED) is 0.491. The molecule has 3 aromatic rings. The number of aromatic nitrogens is 2. The molecule has 0 saturated heterocycles. The summed E-state index contributed by atoms with van der Waals surface area (Å²) in [5.74, 6) is 0.295. The predicted octanol–water partition coefficient (Wildman–Crippen LogP) is 4.39. The number of nitrogens with zero attached hydrogens (tertiary/aromatic N) is 2. The summed E-state index contributed by atoms with van der Waals surface area (Å²) in [7, 11) is 0. The van der Waals surface area contributed by atoms with Crippen LogP contribution in [0.5, 0.6) is 0 Å². The number of imidazole rings is 1. The van der Waals surface area contributed by atoms with E-state index >= 15 is 0 Å². The zero-order chi connectivity index (χ0) is 18.5. The van der Waals surface area contributed by atoms with Gasteiger partial charge in [0.15, 0.2) is 5.82 Å². The smallest absolute Gasteiger partial charge is 0.333 e. The molecule has 0 fully saturated rings.